The number of nitrogens with two attached hydrogens (primary N) is 1. The molecule has 1 rings (SSSR count). The highest BCUT2D eigenvalue weighted by atomic mass is 14.6. The predicted molar refractivity (Wildman–Crippen MR) is 141 cm³/mol. The van der Waals surface area contributed by atoms with E-state index in [0.717, 1.165) is 28.0 Å². The van der Waals surface area contributed by atoms with Crippen molar-refractivity contribution in [3.63, 3.8) is 0 Å². The minimum Gasteiger partial charge on any atom is -0.402 e. The average Bonchev–Trinajstić information content (AvgIpc) is 2.78. The average molecular weight is 408 g/mol. The molecule has 0 spiro atoms. The van der Waals surface area contributed by atoms with Crippen LogP contribution in [0.1, 0.15) is 66.5 Å². The first-order valence-electron chi connectivity index (χ1n) is 10.8. The van der Waals surface area contributed by atoms with Crippen molar-refractivity contribution in [1.29, 1.82) is 0 Å². The molecule has 0 saturated heterocycles. The molecule has 0 radical (unpaired) electrons. The molecule has 1 atom stereocenters. The SMILES string of the molecule is C=C(C=C/C=C\C(C)C(=C)/C(C)=C(/C)N)c1ccc(C)cc1.C=C=CC.CC.CC. The monoisotopic (exact) mass is 407 g/mol. The van der Waals surface area contributed by atoms with Gasteiger partial charge in [-0.1, -0.05) is 108 Å². The molecule has 1 heteroatoms. The molecule has 166 valence electrons. The first-order chi connectivity index (χ1) is 14.2. The Kier molecular flexibility index (Phi) is 22.3. The Labute approximate surface area is 187 Å². The Morgan fingerprint density at radius 1 is 1.00 bits per heavy atom. The van der Waals surface area contributed by atoms with Gasteiger partial charge in [-0.15, -0.1) is 5.73 Å². The van der Waals surface area contributed by atoms with Crippen molar-refractivity contribution in [2.75, 3.05) is 0 Å². The second-order valence-corrected chi connectivity index (χ2v) is 6.25. The molecule has 0 aliphatic carbocycles. The van der Waals surface area contributed by atoms with Crippen LogP contribution in [0.2, 0.25) is 0 Å². The van der Waals surface area contributed by atoms with Crippen LogP contribution in [0.15, 0.2) is 97.0 Å². The quantitative estimate of drug-likeness (QED) is 0.369. The standard InChI is InChI=1S/C21H27N.C4H6.2C2H6/c1-15-11-13-21(14-12-15)17(3)10-8-7-9-16(2)18(4)19(5)20(6)22;1-3-4-2;2*1-2/h7-14,16H,3-4,22H2,1-2,5-6H3;4H,1H2,2H3;2*1-2H3/b9-7-,10-8?,20-19-;;;. The molecule has 30 heavy (non-hydrogen) atoms. The zero-order valence-electron chi connectivity index (χ0n) is 21.0. The van der Waals surface area contributed by atoms with E-state index < -0.39 is 0 Å². The summed E-state index contributed by atoms with van der Waals surface area (Å²) in [6.45, 7) is 29.5. The Morgan fingerprint density at radius 3 is 1.87 bits per heavy atom. The topological polar surface area (TPSA) is 26.0 Å². The molecule has 0 heterocycles. The third kappa shape index (κ3) is 15.2. The first kappa shape index (κ1) is 31.9. The van der Waals surface area contributed by atoms with Gasteiger partial charge in [0, 0.05) is 5.70 Å². The van der Waals surface area contributed by atoms with E-state index in [-0.39, 0.29) is 5.92 Å². The van der Waals surface area contributed by atoms with Crippen LogP contribution < -0.4 is 5.73 Å². The highest BCUT2D eigenvalue weighted by Crippen LogP contribution is 2.20. The Balaban J connectivity index is -0.000000793. The van der Waals surface area contributed by atoms with Gasteiger partial charge in [-0.05, 0) is 62.0 Å². The fraction of sp³-hybridized carbons (Fsp3) is 0.345. The predicted octanol–water partition coefficient (Wildman–Crippen LogP) is 8.97. The molecule has 0 saturated carbocycles. The van der Waals surface area contributed by atoms with Crippen molar-refractivity contribution in [3.05, 3.63) is 108 Å². The lowest BCUT2D eigenvalue weighted by Crippen LogP contribution is -2.02. The van der Waals surface area contributed by atoms with E-state index in [1.807, 2.05) is 66.7 Å². The molecule has 1 nitrogen and oxygen atoms in total. The molecule has 2 N–H and O–H groups in total. The van der Waals surface area contributed by atoms with Gasteiger partial charge in [-0.25, -0.2) is 0 Å². The van der Waals surface area contributed by atoms with E-state index in [9.17, 15) is 0 Å². The van der Waals surface area contributed by atoms with Crippen LogP contribution in [0.4, 0.5) is 0 Å². The fourth-order valence-electron chi connectivity index (χ4n) is 1.98. The summed E-state index contributed by atoms with van der Waals surface area (Å²) in [7, 11) is 0. The van der Waals surface area contributed by atoms with Crippen LogP contribution >= 0.6 is 0 Å². The second-order valence-electron chi connectivity index (χ2n) is 6.25. The first-order valence-corrected chi connectivity index (χ1v) is 10.8. The molecule has 0 aromatic heterocycles. The van der Waals surface area contributed by atoms with E-state index in [0.29, 0.717) is 0 Å². The van der Waals surface area contributed by atoms with Crippen LogP contribution in [0.3, 0.4) is 0 Å². The van der Waals surface area contributed by atoms with Crippen LogP contribution in [0.25, 0.3) is 5.57 Å². The molecule has 0 bridgehead atoms. The van der Waals surface area contributed by atoms with Gasteiger partial charge in [0.05, 0.1) is 0 Å². The smallest absolute Gasteiger partial charge is 0.00813 e. The molecule has 0 aliphatic heterocycles. The summed E-state index contributed by atoms with van der Waals surface area (Å²) in [6, 6.07) is 8.38. The largest absolute Gasteiger partial charge is 0.402 e. The van der Waals surface area contributed by atoms with Crippen molar-refractivity contribution in [2.45, 2.75) is 62.3 Å². The lowest BCUT2D eigenvalue weighted by Gasteiger charge is -2.12. The lowest BCUT2D eigenvalue weighted by atomic mass is 9.95. The Hall–Kier alpha value is -2.76. The van der Waals surface area contributed by atoms with E-state index in [4.69, 9.17) is 5.73 Å². The van der Waals surface area contributed by atoms with Gasteiger partial charge in [0.25, 0.3) is 0 Å². The molecule has 0 amide bonds. The maximum Gasteiger partial charge on any atom is 0.00813 e. The number of benzene rings is 1. The van der Waals surface area contributed by atoms with E-state index in [1.54, 1.807) is 6.08 Å². The minimum absolute atomic E-state index is 0.260. The zero-order valence-corrected chi connectivity index (χ0v) is 21.0. The van der Waals surface area contributed by atoms with Crippen molar-refractivity contribution in [3.8, 4) is 0 Å². The van der Waals surface area contributed by atoms with Gasteiger partial charge in [0.1, 0.15) is 0 Å². The van der Waals surface area contributed by atoms with Gasteiger partial charge in [-0.2, -0.15) is 0 Å². The second kappa shape index (κ2) is 21.0. The van der Waals surface area contributed by atoms with Gasteiger partial charge in [-0.3, -0.25) is 0 Å². The number of hydrogen-bond acceptors (Lipinski definition) is 1. The number of rotatable bonds is 6. The molecule has 1 aromatic carbocycles. The maximum atomic E-state index is 5.81. The van der Waals surface area contributed by atoms with Crippen molar-refractivity contribution in [2.24, 2.45) is 11.7 Å². The number of allylic oxidation sites excluding steroid dienone is 9. The van der Waals surface area contributed by atoms with Crippen molar-refractivity contribution in [1.82, 2.24) is 0 Å². The highest BCUT2D eigenvalue weighted by molar-refractivity contribution is 5.72. The summed E-state index contributed by atoms with van der Waals surface area (Å²) in [6.07, 6.45) is 9.95. The van der Waals surface area contributed by atoms with Crippen LogP contribution in [-0.2, 0) is 0 Å². The van der Waals surface area contributed by atoms with Gasteiger partial charge >= 0.3 is 0 Å². The van der Waals surface area contributed by atoms with E-state index >= 15 is 0 Å². The highest BCUT2D eigenvalue weighted by Gasteiger charge is 2.05. The molecular weight excluding hydrogens is 362 g/mol. The summed E-state index contributed by atoms with van der Waals surface area (Å²) < 4.78 is 0. The normalized spacial score (nSPS) is 11.4. The van der Waals surface area contributed by atoms with Gasteiger partial charge in [0.2, 0.25) is 0 Å². The summed E-state index contributed by atoms with van der Waals surface area (Å²) in [5.41, 5.74) is 14.7. The third-order valence-corrected chi connectivity index (χ3v) is 4.06. The maximum absolute atomic E-state index is 5.81. The summed E-state index contributed by atoms with van der Waals surface area (Å²) >= 11 is 0. The van der Waals surface area contributed by atoms with Gasteiger partial charge in [0.15, 0.2) is 0 Å². The van der Waals surface area contributed by atoms with Crippen molar-refractivity contribution < 1.29 is 0 Å². The number of hydrogen-bond donors (Lipinski definition) is 1. The zero-order chi connectivity index (χ0) is 24.1. The summed E-state index contributed by atoms with van der Waals surface area (Å²) in [4.78, 5) is 0. The fourth-order valence-corrected chi connectivity index (χ4v) is 1.98. The molecular formula is C29H45N. The molecule has 1 unspecified atom stereocenters. The van der Waals surface area contributed by atoms with Crippen LogP contribution in [0, 0.1) is 12.8 Å². The molecule has 0 aliphatic rings. The molecule has 1 aromatic rings. The molecule has 0 fully saturated rings. The van der Waals surface area contributed by atoms with E-state index in [1.165, 1.54) is 5.56 Å². The van der Waals surface area contributed by atoms with E-state index in [2.05, 4.69) is 69.7 Å². The lowest BCUT2D eigenvalue weighted by molar-refractivity contribution is 0.869. The number of aryl methyl sites for hydroxylation is 1. The summed E-state index contributed by atoms with van der Waals surface area (Å²) in [5, 5.41) is 0. The third-order valence-electron chi connectivity index (χ3n) is 4.06. The summed E-state index contributed by atoms with van der Waals surface area (Å²) in [5.74, 6) is 0.260. The Bertz CT molecular complexity index is 729. The Morgan fingerprint density at radius 2 is 1.47 bits per heavy atom. The van der Waals surface area contributed by atoms with Gasteiger partial charge < -0.3 is 5.73 Å². The minimum atomic E-state index is 0.260. The van der Waals surface area contributed by atoms with Crippen LogP contribution in [0.5, 0.6) is 0 Å². The van der Waals surface area contributed by atoms with Crippen molar-refractivity contribution >= 4 is 5.57 Å². The van der Waals surface area contributed by atoms with Crippen LogP contribution in [-0.4, -0.2) is 0 Å².